The smallest absolute Gasteiger partial charge is 0.175 e. The Hall–Kier alpha value is -0.740. The van der Waals surface area contributed by atoms with E-state index in [1.807, 2.05) is 0 Å². The maximum Gasteiger partial charge on any atom is 0.175 e. The Morgan fingerprint density at radius 2 is 1.88 bits per heavy atom. The van der Waals surface area contributed by atoms with Crippen molar-refractivity contribution < 1.29 is 9.47 Å². The molecule has 17 heavy (non-hydrogen) atoms. The molecule has 0 heterocycles. The number of ether oxygens (including phenoxy) is 2. The minimum Gasteiger partial charge on any atom is -0.493 e. The van der Waals surface area contributed by atoms with E-state index in [0.717, 1.165) is 40.8 Å². The molecule has 1 aliphatic carbocycles. The van der Waals surface area contributed by atoms with Gasteiger partial charge in [0.15, 0.2) is 11.5 Å². The standard InChI is InChI=1S/C13H18BrNO2/c1-4-8-9(13(15)5-6-13)7-10(14)12(17-3)11(8)16-2/h7H,4-6,15H2,1-3H3. The number of halogens is 1. The predicted octanol–water partition coefficient (Wildman–Crippen LogP) is 2.98. The molecule has 0 saturated heterocycles. The van der Waals surface area contributed by atoms with Gasteiger partial charge in [-0.2, -0.15) is 0 Å². The average Bonchev–Trinajstić information content (AvgIpc) is 3.06. The fraction of sp³-hybridized carbons (Fsp3) is 0.538. The molecule has 94 valence electrons. The number of nitrogens with two attached hydrogens (primary N) is 1. The van der Waals surface area contributed by atoms with Crippen LogP contribution in [0.4, 0.5) is 0 Å². The van der Waals surface area contributed by atoms with E-state index in [-0.39, 0.29) is 5.54 Å². The van der Waals surface area contributed by atoms with Crippen molar-refractivity contribution in [3.05, 3.63) is 21.7 Å². The predicted molar refractivity (Wildman–Crippen MR) is 71.7 cm³/mol. The molecule has 0 atom stereocenters. The minimum absolute atomic E-state index is 0.159. The summed E-state index contributed by atoms with van der Waals surface area (Å²) >= 11 is 3.52. The molecule has 2 N–H and O–H groups in total. The fourth-order valence-corrected chi connectivity index (χ4v) is 2.82. The normalized spacial score (nSPS) is 16.8. The van der Waals surface area contributed by atoms with Crippen LogP contribution in [0.3, 0.4) is 0 Å². The van der Waals surface area contributed by atoms with Gasteiger partial charge in [-0.15, -0.1) is 0 Å². The third kappa shape index (κ3) is 2.04. The second-order valence-electron chi connectivity index (χ2n) is 4.46. The molecule has 0 aromatic heterocycles. The van der Waals surface area contributed by atoms with Gasteiger partial charge >= 0.3 is 0 Å². The molecule has 3 nitrogen and oxygen atoms in total. The Bertz CT molecular complexity index is 442. The topological polar surface area (TPSA) is 44.5 Å². The van der Waals surface area contributed by atoms with Crippen molar-refractivity contribution in [1.82, 2.24) is 0 Å². The summed E-state index contributed by atoms with van der Waals surface area (Å²) in [6.45, 7) is 2.11. The molecule has 0 bridgehead atoms. The van der Waals surface area contributed by atoms with Crippen LogP contribution in [-0.2, 0) is 12.0 Å². The van der Waals surface area contributed by atoms with Crippen molar-refractivity contribution in [3.8, 4) is 11.5 Å². The average molecular weight is 300 g/mol. The fourth-order valence-electron chi connectivity index (χ4n) is 2.25. The first-order valence-corrected chi connectivity index (χ1v) is 6.59. The quantitative estimate of drug-likeness (QED) is 0.929. The Morgan fingerprint density at radius 1 is 1.29 bits per heavy atom. The van der Waals surface area contributed by atoms with E-state index in [1.54, 1.807) is 14.2 Å². The van der Waals surface area contributed by atoms with Crippen molar-refractivity contribution in [3.63, 3.8) is 0 Å². The summed E-state index contributed by atoms with van der Waals surface area (Å²) in [6.07, 6.45) is 2.98. The number of benzene rings is 1. The summed E-state index contributed by atoms with van der Waals surface area (Å²) in [5, 5.41) is 0. The van der Waals surface area contributed by atoms with Crippen molar-refractivity contribution in [1.29, 1.82) is 0 Å². The molecule has 1 aromatic carbocycles. The van der Waals surface area contributed by atoms with Gasteiger partial charge in [0.05, 0.1) is 18.7 Å². The molecular weight excluding hydrogens is 282 g/mol. The van der Waals surface area contributed by atoms with Gasteiger partial charge in [-0.3, -0.25) is 0 Å². The highest BCUT2D eigenvalue weighted by Crippen LogP contribution is 2.50. The first-order chi connectivity index (χ1) is 8.07. The van der Waals surface area contributed by atoms with Gasteiger partial charge in [-0.1, -0.05) is 6.92 Å². The molecule has 1 saturated carbocycles. The van der Waals surface area contributed by atoms with Crippen molar-refractivity contribution >= 4 is 15.9 Å². The summed E-state index contributed by atoms with van der Waals surface area (Å²) in [5.74, 6) is 1.55. The highest BCUT2D eigenvalue weighted by Gasteiger charge is 2.42. The van der Waals surface area contributed by atoms with E-state index < -0.39 is 0 Å². The first kappa shape index (κ1) is 12.7. The molecule has 1 fully saturated rings. The summed E-state index contributed by atoms with van der Waals surface area (Å²) in [5.41, 5.74) is 8.50. The van der Waals surface area contributed by atoms with Gasteiger partial charge in [0.2, 0.25) is 0 Å². The van der Waals surface area contributed by atoms with Crippen molar-refractivity contribution in [2.45, 2.75) is 31.7 Å². The van der Waals surface area contributed by atoms with Crippen LogP contribution in [-0.4, -0.2) is 14.2 Å². The molecule has 0 unspecified atom stereocenters. The van der Waals surface area contributed by atoms with E-state index in [0.29, 0.717) is 0 Å². The molecule has 0 amide bonds. The largest absolute Gasteiger partial charge is 0.493 e. The number of hydrogen-bond acceptors (Lipinski definition) is 3. The third-order valence-electron chi connectivity index (χ3n) is 3.38. The summed E-state index contributed by atoms with van der Waals surface area (Å²) in [6, 6.07) is 2.08. The van der Waals surface area contributed by atoms with Crippen LogP contribution in [0.1, 0.15) is 30.9 Å². The van der Waals surface area contributed by atoms with Crippen LogP contribution in [0, 0.1) is 0 Å². The first-order valence-electron chi connectivity index (χ1n) is 5.80. The molecule has 0 aliphatic heterocycles. The lowest BCUT2D eigenvalue weighted by Gasteiger charge is -2.21. The second-order valence-corrected chi connectivity index (χ2v) is 5.32. The summed E-state index contributed by atoms with van der Waals surface area (Å²) in [4.78, 5) is 0. The van der Waals surface area contributed by atoms with Crippen molar-refractivity contribution in [2.24, 2.45) is 5.73 Å². The minimum atomic E-state index is -0.159. The molecule has 4 heteroatoms. The lowest BCUT2D eigenvalue weighted by molar-refractivity contribution is 0.349. The zero-order valence-electron chi connectivity index (χ0n) is 10.5. The molecule has 1 aliphatic rings. The highest BCUT2D eigenvalue weighted by molar-refractivity contribution is 9.10. The summed E-state index contributed by atoms with van der Waals surface area (Å²) in [7, 11) is 3.32. The number of methoxy groups -OCH3 is 2. The zero-order valence-corrected chi connectivity index (χ0v) is 12.1. The zero-order chi connectivity index (χ0) is 12.6. The van der Waals surface area contributed by atoms with Gasteiger partial charge in [-0.05, 0) is 46.8 Å². The Kier molecular flexibility index (Phi) is 3.36. The lowest BCUT2D eigenvalue weighted by atomic mass is 9.96. The Labute approximate surface area is 110 Å². The van der Waals surface area contributed by atoms with E-state index in [9.17, 15) is 0 Å². The maximum absolute atomic E-state index is 6.31. The Balaban J connectivity index is 2.65. The van der Waals surface area contributed by atoms with E-state index >= 15 is 0 Å². The van der Waals surface area contributed by atoms with Crippen LogP contribution in [0.5, 0.6) is 11.5 Å². The third-order valence-corrected chi connectivity index (χ3v) is 3.97. The molecule has 0 radical (unpaired) electrons. The Morgan fingerprint density at radius 3 is 2.29 bits per heavy atom. The van der Waals surface area contributed by atoms with Gasteiger partial charge in [-0.25, -0.2) is 0 Å². The molecule has 2 rings (SSSR count). The van der Waals surface area contributed by atoms with Crippen LogP contribution in [0.15, 0.2) is 10.5 Å². The second kappa shape index (κ2) is 4.50. The van der Waals surface area contributed by atoms with E-state index in [4.69, 9.17) is 15.2 Å². The van der Waals surface area contributed by atoms with Gasteiger partial charge in [0.25, 0.3) is 0 Å². The monoisotopic (exact) mass is 299 g/mol. The lowest BCUT2D eigenvalue weighted by Crippen LogP contribution is -2.21. The van der Waals surface area contributed by atoms with Crippen LogP contribution < -0.4 is 15.2 Å². The van der Waals surface area contributed by atoms with Crippen LogP contribution in [0.25, 0.3) is 0 Å². The van der Waals surface area contributed by atoms with Gasteiger partial charge < -0.3 is 15.2 Å². The highest BCUT2D eigenvalue weighted by atomic mass is 79.9. The SMILES string of the molecule is CCc1c(C2(N)CC2)cc(Br)c(OC)c1OC. The van der Waals surface area contributed by atoms with Crippen LogP contribution >= 0.6 is 15.9 Å². The van der Waals surface area contributed by atoms with E-state index in [1.165, 1.54) is 5.56 Å². The number of hydrogen-bond donors (Lipinski definition) is 1. The van der Waals surface area contributed by atoms with Gasteiger partial charge in [0, 0.05) is 11.1 Å². The van der Waals surface area contributed by atoms with E-state index in [2.05, 4.69) is 28.9 Å². The molecular formula is C13H18BrNO2. The van der Waals surface area contributed by atoms with Gasteiger partial charge in [0.1, 0.15) is 0 Å². The number of rotatable bonds is 4. The summed E-state index contributed by atoms with van der Waals surface area (Å²) < 4.78 is 11.8. The molecule has 0 spiro atoms. The molecule has 1 aromatic rings. The van der Waals surface area contributed by atoms with Crippen LogP contribution in [0.2, 0.25) is 0 Å². The van der Waals surface area contributed by atoms with Crippen molar-refractivity contribution in [2.75, 3.05) is 14.2 Å². The maximum atomic E-state index is 6.31.